The molecule has 1 rings (SSSR count). The van der Waals surface area contributed by atoms with Crippen LogP contribution in [0.2, 0.25) is 0 Å². The van der Waals surface area contributed by atoms with E-state index in [-0.39, 0.29) is 30.0 Å². The van der Waals surface area contributed by atoms with Crippen LogP contribution in [0.3, 0.4) is 0 Å². The van der Waals surface area contributed by atoms with E-state index in [0.29, 0.717) is 12.8 Å². The van der Waals surface area contributed by atoms with E-state index in [4.69, 9.17) is 10.9 Å². The summed E-state index contributed by atoms with van der Waals surface area (Å²) in [5, 5.41) is 22.8. The van der Waals surface area contributed by atoms with Gasteiger partial charge in [-0.05, 0) is 12.8 Å². The molecule has 100 valence electrons. The highest BCUT2D eigenvalue weighted by Crippen LogP contribution is 2.28. The summed E-state index contributed by atoms with van der Waals surface area (Å²) in [7, 11) is 0. The van der Waals surface area contributed by atoms with E-state index in [9.17, 15) is 10.1 Å². The molecule has 18 heavy (non-hydrogen) atoms. The smallest absolute Gasteiger partial charge is 0.354 e. The van der Waals surface area contributed by atoms with Gasteiger partial charge in [-0.15, -0.1) is 0 Å². The van der Waals surface area contributed by atoms with Gasteiger partial charge in [-0.3, -0.25) is 10.1 Å². The number of hydrogen-bond donors (Lipinski definition) is 4. The second-order valence-corrected chi connectivity index (χ2v) is 3.58. The fourth-order valence-electron chi connectivity index (χ4n) is 1.49. The van der Waals surface area contributed by atoms with Gasteiger partial charge in [0.2, 0.25) is 11.6 Å². The monoisotopic (exact) mass is 256 g/mol. The van der Waals surface area contributed by atoms with E-state index in [1.807, 2.05) is 6.92 Å². The Morgan fingerprint density at radius 3 is 2.72 bits per heavy atom. The standard InChI is InChI=1S/C9H16N6O3/c1-2-6(3-4-16)13-8-7(15(17)18)9(14-10)12-5-11-8/h5-6,16H,2-4,10H2,1H3,(H2,11,12,13,14). The summed E-state index contributed by atoms with van der Waals surface area (Å²) in [5.41, 5.74) is 1.85. The molecule has 0 spiro atoms. The molecule has 0 aliphatic heterocycles. The van der Waals surface area contributed by atoms with Crippen LogP contribution in [0, 0.1) is 10.1 Å². The van der Waals surface area contributed by atoms with Gasteiger partial charge in [-0.2, -0.15) is 0 Å². The lowest BCUT2D eigenvalue weighted by Gasteiger charge is -2.16. The fourth-order valence-corrected chi connectivity index (χ4v) is 1.49. The molecule has 0 fully saturated rings. The molecule has 1 aromatic rings. The third kappa shape index (κ3) is 3.25. The van der Waals surface area contributed by atoms with Crippen LogP contribution in [-0.2, 0) is 0 Å². The zero-order chi connectivity index (χ0) is 13.5. The molecule has 9 nitrogen and oxygen atoms in total. The number of nitrogens with zero attached hydrogens (tertiary/aromatic N) is 3. The molecule has 9 heteroatoms. The lowest BCUT2D eigenvalue weighted by atomic mass is 10.1. The number of aromatic nitrogens is 2. The first kappa shape index (κ1) is 14.1. The van der Waals surface area contributed by atoms with Gasteiger partial charge in [-0.1, -0.05) is 6.92 Å². The van der Waals surface area contributed by atoms with Crippen molar-refractivity contribution >= 4 is 17.3 Å². The van der Waals surface area contributed by atoms with Crippen molar-refractivity contribution in [3.05, 3.63) is 16.4 Å². The van der Waals surface area contributed by atoms with Crippen molar-refractivity contribution in [2.24, 2.45) is 5.84 Å². The van der Waals surface area contributed by atoms with Gasteiger partial charge in [-0.25, -0.2) is 15.8 Å². The lowest BCUT2D eigenvalue weighted by Crippen LogP contribution is -2.22. The first-order valence-corrected chi connectivity index (χ1v) is 5.47. The van der Waals surface area contributed by atoms with Crippen LogP contribution < -0.4 is 16.6 Å². The summed E-state index contributed by atoms with van der Waals surface area (Å²) in [4.78, 5) is 17.9. The maximum atomic E-state index is 11.0. The van der Waals surface area contributed by atoms with Crippen LogP contribution in [-0.4, -0.2) is 32.6 Å². The molecule has 1 heterocycles. The highest BCUT2D eigenvalue weighted by Gasteiger charge is 2.23. The average Bonchev–Trinajstić information content (AvgIpc) is 2.37. The summed E-state index contributed by atoms with van der Waals surface area (Å²) in [6, 6.07) is -0.103. The summed E-state index contributed by atoms with van der Waals surface area (Å²) in [6.07, 6.45) is 2.35. The second kappa shape index (κ2) is 6.67. The molecule has 0 aliphatic carbocycles. The SMILES string of the molecule is CCC(CCO)Nc1ncnc(NN)c1[N+](=O)[O-]. The molecule has 0 saturated heterocycles. The number of nitro groups is 1. The third-order valence-corrected chi connectivity index (χ3v) is 2.45. The van der Waals surface area contributed by atoms with Gasteiger partial charge in [0, 0.05) is 12.6 Å². The lowest BCUT2D eigenvalue weighted by molar-refractivity contribution is -0.383. The molecule has 1 unspecified atom stereocenters. The number of hydrogen-bond acceptors (Lipinski definition) is 8. The Morgan fingerprint density at radius 2 is 2.22 bits per heavy atom. The minimum absolute atomic E-state index is 0.00756. The van der Waals surface area contributed by atoms with Crippen molar-refractivity contribution in [2.75, 3.05) is 17.3 Å². The van der Waals surface area contributed by atoms with Gasteiger partial charge in [0.05, 0.1) is 4.92 Å². The Balaban J connectivity index is 3.03. The number of nitrogen functional groups attached to an aromatic ring is 1. The zero-order valence-electron chi connectivity index (χ0n) is 9.96. The molecule has 0 saturated carbocycles. The third-order valence-electron chi connectivity index (χ3n) is 2.45. The molecular formula is C9H16N6O3. The Hall–Kier alpha value is -2.00. The topological polar surface area (TPSA) is 139 Å². The van der Waals surface area contributed by atoms with E-state index < -0.39 is 4.92 Å². The van der Waals surface area contributed by atoms with E-state index >= 15 is 0 Å². The molecule has 1 atom stereocenters. The van der Waals surface area contributed by atoms with E-state index in [1.54, 1.807) is 0 Å². The van der Waals surface area contributed by atoms with E-state index in [2.05, 4.69) is 20.7 Å². The zero-order valence-corrected chi connectivity index (χ0v) is 9.96. The van der Waals surface area contributed by atoms with Crippen LogP contribution in [0.15, 0.2) is 6.33 Å². The molecule has 0 aromatic carbocycles. The van der Waals surface area contributed by atoms with Crippen LogP contribution in [0.1, 0.15) is 19.8 Å². The van der Waals surface area contributed by atoms with Gasteiger partial charge in [0.1, 0.15) is 6.33 Å². The fraction of sp³-hybridized carbons (Fsp3) is 0.556. The minimum atomic E-state index is -0.608. The normalized spacial score (nSPS) is 11.9. The molecule has 1 aromatic heterocycles. The number of nitrogens with two attached hydrogens (primary N) is 1. The summed E-state index contributed by atoms with van der Waals surface area (Å²) in [6.45, 7) is 1.90. The van der Waals surface area contributed by atoms with E-state index in [0.717, 1.165) is 0 Å². The molecule has 0 radical (unpaired) electrons. The predicted molar refractivity (Wildman–Crippen MR) is 65.9 cm³/mol. The van der Waals surface area contributed by atoms with Gasteiger partial charge >= 0.3 is 5.69 Å². The number of aliphatic hydroxyl groups is 1. The molecule has 0 bridgehead atoms. The second-order valence-electron chi connectivity index (χ2n) is 3.58. The van der Waals surface area contributed by atoms with Crippen LogP contribution in [0.25, 0.3) is 0 Å². The summed E-state index contributed by atoms with van der Waals surface area (Å²) >= 11 is 0. The van der Waals surface area contributed by atoms with Crippen molar-refractivity contribution in [3.8, 4) is 0 Å². The van der Waals surface area contributed by atoms with Gasteiger partial charge in [0.15, 0.2) is 0 Å². The van der Waals surface area contributed by atoms with Crippen LogP contribution in [0.4, 0.5) is 17.3 Å². The molecule has 0 aliphatic rings. The van der Waals surface area contributed by atoms with Crippen LogP contribution >= 0.6 is 0 Å². The van der Waals surface area contributed by atoms with Gasteiger partial charge in [0.25, 0.3) is 0 Å². The first-order chi connectivity index (χ1) is 8.63. The Bertz CT molecular complexity index is 413. The number of hydrazine groups is 1. The first-order valence-electron chi connectivity index (χ1n) is 5.47. The molecule has 5 N–H and O–H groups in total. The Morgan fingerprint density at radius 1 is 1.56 bits per heavy atom. The maximum Gasteiger partial charge on any atom is 0.354 e. The molecule has 0 amide bonds. The van der Waals surface area contributed by atoms with E-state index in [1.165, 1.54) is 6.33 Å². The number of aliphatic hydroxyl groups excluding tert-OH is 1. The Kier molecular flexibility index (Phi) is 5.21. The van der Waals surface area contributed by atoms with Crippen molar-refractivity contribution in [1.82, 2.24) is 9.97 Å². The van der Waals surface area contributed by atoms with Crippen molar-refractivity contribution < 1.29 is 10.0 Å². The highest BCUT2D eigenvalue weighted by atomic mass is 16.6. The van der Waals surface area contributed by atoms with Crippen LogP contribution in [0.5, 0.6) is 0 Å². The molecular weight excluding hydrogens is 240 g/mol. The number of anilines is 2. The summed E-state index contributed by atoms with van der Waals surface area (Å²) < 4.78 is 0. The Labute approximate surface area is 104 Å². The number of nitrogens with one attached hydrogen (secondary N) is 2. The van der Waals surface area contributed by atoms with Crippen molar-refractivity contribution in [2.45, 2.75) is 25.8 Å². The van der Waals surface area contributed by atoms with Crippen molar-refractivity contribution in [3.63, 3.8) is 0 Å². The largest absolute Gasteiger partial charge is 0.396 e. The quantitative estimate of drug-likeness (QED) is 0.309. The highest BCUT2D eigenvalue weighted by molar-refractivity contribution is 5.68. The number of rotatable bonds is 7. The predicted octanol–water partition coefficient (Wildman–Crippen LogP) is 0.243. The van der Waals surface area contributed by atoms with Gasteiger partial charge < -0.3 is 15.8 Å². The minimum Gasteiger partial charge on any atom is -0.396 e. The summed E-state index contributed by atoms with van der Waals surface area (Å²) in [5.74, 6) is 5.19. The van der Waals surface area contributed by atoms with Crippen molar-refractivity contribution in [1.29, 1.82) is 0 Å². The maximum absolute atomic E-state index is 11.0. The average molecular weight is 256 g/mol.